The summed E-state index contributed by atoms with van der Waals surface area (Å²) >= 11 is 0. The third-order valence-corrected chi connectivity index (χ3v) is 9.01. The molecule has 0 aromatic carbocycles. The molecule has 0 spiro atoms. The van der Waals surface area contributed by atoms with Crippen LogP contribution in [0.25, 0.3) is 0 Å². The number of aliphatic hydroxyl groups excluding tert-OH is 2. The van der Waals surface area contributed by atoms with Gasteiger partial charge in [-0.25, -0.2) is 0 Å². The van der Waals surface area contributed by atoms with E-state index in [4.69, 9.17) is 0 Å². The standard InChI is InChI=1S/C21H33F3O2/c1-20-9-8-16-15-6-4-14(25)10-12(15)2-5-17(16)18(20)7-3-13(20)11-19(26)21(22,23)24/h12-19,25-26H,2-11H2,1H3/t12?,13-,14?,15?,16?,17?,18?,19?,20?/m1/s1. The largest absolute Gasteiger partial charge is 0.414 e. The molecule has 4 aliphatic rings. The average Bonchev–Trinajstić information content (AvgIpc) is 2.90. The summed E-state index contributed by atoms with van der Waals surface area (Å²) in [6, 6.07) is 0. The Morgan fingerprint density at radius 2 is 1.69 bits per heavy atom. The van der Waals surface area contributed by atoms with Crippen molar-refractivity contribution in [2.24, 2.45) is 40.9 Å². The zero-order valence-electron chi connectivity index (χ0n) is 15.7. The van der Waals surface area contributed by atoms with E-state index in [1.807, 2.05) is 0 Å². The molecule has 26 heavy (non-hydrogen) atoms. The van der Waals surface area contributed by atoms with Gasteiger partial charge in [0.25, 0.3) is 0 Å². The summed E-state index contributed by atoms with van der Waals surface area (Å²) in [5, 5.41) is 19.6. The highest BCUT2D eigenvalue weighted by molar-refractivity contribution is 5.06. The van der Waals surface area contributed by atoms with Gasteiger partial charge in [-0.05, 0) is 105 Å². The summed E-state index contributed by atoms with van der Waals surface area (Å²) in [5.74, 6) is 3.27. The third kappa shape index (κ3) is 3.11. The highest BCUT2D eigenvalue weighted by Crippen LogP contribution is 2.65. The molecule has 4 saturated carbocycles. The molecule has 0 radical (unpaired) electrons. The molecule has 5 heteroatoms. The Morgan fingerprint density at radius 1 is 0.962 bits per heavy atom. The van der Waals surface area contributed by atoms with E-state index in [0.717, 1.165) is 50.9 Å². The smallest absolute Gasteiger partial charge is 0.393 e. The predicted octanol–water partition coefficient (Wildman–Crippen LogP) is 4.93. The van der Waals surface area contributed by atoms with E-state index in [1.54, 1.807) is 0 Å². The van der Waals surface area contributed by atoms with E-state index < -0.39 is 12.3 Å². The van der Waals surface area contributed by atoms with Crippen LogP contribution in [-0.4, -0.2) is 28.6 Å². The van der Waals surface area contributed by atoms with E-state index in [1.165, 1.54) is 12.8 Å². The lowest BCUT2D eigenvalue weighted by molar-refractivity contribution is -0.211. The van der Waals surface area contributed by atoms with E-state index in [2.05, 4.69) is 6.92 Å². The van der Waals surface area contributed by atoms with Gasteiger partial charge in [0.1, 0.15) is 6.10 Å². The minimum absolute atomic E-state index is 0.00373. The molecular formula is C21H33F3O2. The van der Waals surface area contributed by atoms with Crippen LogP contribution in [0.4, 0.5) is 13.2 Å². The lowest BCUT2D eigenvalue weighted by Crippen LogP contribution is -2.49. The Bertz CT molecular complexity index is 522. The number of halogens is 3. The van der Waals surface area contributed by atoms with Gasteiger partial charge in [-0.15, -0.1) is 0 Å². The van der Waals surface area contributed by atoms with Crippen LogP contribution in [0.5, 0.6) is 0 Å². The van der Waals surface area contributed by atoms with Crippen LogP contribution in [0.1, 0.15) is 71.1 Å². The molecule has 0 aliphatic heterocycles. The van der Waals surface area contributed by atoms with Crippen molar-refractivity contribution < 1.29 is 23.4 Å². The second kappa shape index (κ2) is 6.65. The van der Waals surface area contributed by atoms with Crippen LogP contribution < -0.4 is 0 Å². The van der Waals surface area contributed by atoms with Gasteiger partial charge in [-0.1, -0.05) is 6.92 Å². The summed E-state index contributed by atoms with van der Waals surface area (Å²) in [5.41, 5.74) is -0.0333. The Balaban J connectivity index is 1.48. The average molecular weight is 374 g/mol. The molecule has 0 bridgehead atoms. The van der Waals surface area contributed by atoms with Crippen LogP contribution in [0, 0.1) is 40.9 Å². The highest BCUT2D eigenvalue weighted by atomic mass is 19.4. The van der Waals surface area contributed by atoms with Crippen molar-refractivity contribution in [2.75, 3.05) is 0 Å². The summed E-state index contributed by atoms with van der Waals surface area (Å²) in [6.45, 7) is 2.21. The van der Waals surface area contributed by atoms with Crippen molar-refractivity contribution in [3.8, 4) is 0 Å². The maximum absolute atomic E-state index is 12.9. The van der Waals surface area contributed by atoms with Crippen LogP contribution in [-0.2, 0) is 0 Å². The molecule has 2 nitrogen and oxygen atoms in total. The SMILES string of the molecule is CC12CCC3C4CCC(O)CC4CCC3C1CC[C@@H]2CC(O)C(F)(F)F. The first-order chi connectivity index (χ1) is 12.2. The first-order valence-corrected chi connectivity index (χ1v) is 10.6. The van der Waals surface area contributed by atoms with Gasteiger partial charge in [0.2, 0.25) is 0 Å². The maximum atomic E-state index is 12.9. The molecule has 8 unspecified atom stereocenters. The van der Waals surface area contributed by atoms with Gasteiger partial charge in [-0.2, -0.15) is 13.2 Å². The van der Waals surface area contributed by atoms with Crippen LogP contribution in [0.3, 0.4) is 0 Å². The second-order valence-electron chi connectivity index (χ2n) is 10.0. The summed E-state index contributed by atoms with van der Waals surface area (Å²) in [7, 11) is 0. The Morgan fingerprint density at radius 3 is 2.42 bits per heavy atom. The van der Waals surface area contributed by atoms with Crippen molar-refractivity contribution >= 4 is 0 Å². The molecule has 0 heterocycles. The van der Waals surface area contributed by atoms with Gasteiger partial charge in [0.15, 0.2) is 0 Å². The molecule has 4 rings (SSSR count). The van der Waals surface area contributed by atoms with Crippen molar-refractivity contribution in [1.29, 1.82) is 0 Å². The fourth-order valence-electron chi connectivity index (χ4n) is 7.73. The molecule has 4 fully saturated rings. The second-order valence-corrected chi connectivity index (χ2v) is 10.0. The fraction of sp³-hybridized carbons (Fsp3) is 1.00. The van der Waals surface area contributed by atoms with Crippen LogP contribution >= 0.6 is 0 Å². The zero-order chi connectivity index (χ0) is 18.7. The molecule has 150 valence electrons. The van der Waals surface area contributed by atoms with Gasteiger partial charge >= 0.3 is 6.18 Å². The third-order valence-electron chi connectivity index (χ3n) is 9.01. The topological polar surface area (TPSA) is 40.5 Å². The number of hydrogen-bond acceptors (Lipinski definition) is 2. The lowest BCUT2D eigenvalue weighted by Gasteiger charge is -2.56. The molecule has 2 N–H and O–H groups in total. The Kier molecular flexibility index (Phi) is 4.87. The maximum Gasteiger partial charge on any atom is 0.414 e. The zero-order valence-corrected chi connectivity index (χ0v) is 15.7. The van der Waals surface area contributed by atoms with Crippen molar-refractivity contribution in [3.05, 3.63) is 0 Å². The van der Waals surface area contributed by atoms with Gasteiger partial charge in [-0.3, -0.25) is 0 Å². The number of fused-ring (bicyclic) bond motifs is 5. The van der Waals surface area contributed by atoms with E-state index in [-0.39, 0.29) is 23.9 Å². The van der Waals surface area contributed by atoms with E-state index >= 15 is 0 Å². The number of hydrogen-bond donors (Lipinski definition) is 2. The van der Waals surface area contributed by atoms with Crippen molar-refractivity contribution in [3.63, 3.8) is 0 Å². The summed E-state index contributed by atoms with van der Waals surface area (Å²) in [4.78, 5) is 0. The molecule has 0 saturated heterocycles. The van der Waals surface area contributed by atoms with Crippen LogP contribution in [0.2, 0.25) is 0 Å². The molecule has 4 aliphatic carbocycles. The van der Waals surface area contributed by atoms with Gasteiger partial charge in [0, 0.05) is 0 Å². The first kappa shape index (κ1) is 19.0. The molecular weight excluding hydrogens is 341 g/mol. The monoisotopic (exact) mass is 374 g/mol. The summed E-state index contributed by atoms with van der Waals surface area (Å²) < 4.78 is 38.6. The number of aliphatic hydroxyl groups is 2. The quantitative estimate of drug-likeness (QED) is 0.719. The number of rotatable bonds is 2. The van der Waals surface area contributed by atoms with E-state index in [0.29, 0.717) is 23.7 Å². The molecule has 0 amide bonds. The van der Waals surface area contributed by atoms with E-state index in [9.17, 15) is 23.4 Å². The first-order valence-electron chi connectivity index (χ1n) is 10.6. The Labute approximate surface area is 154 Å². The van der Waals surface area contributed by atoms with Crippen LogP contribution in [0.15, 0.2) is 0 Å². The van der Waals surface area contributed by atoms with Crippen molar-refractivity contribution in [2.45, 2.75) is 89.5 Å². The Hall–Kier alpha value is -0.290. The highest BCUT2D eigenvalue weighted by Gasteiger charge is 2.57. The number of alkyl halides is 3. The van der Waals surface area contributed by atoms with Crippen molar-refractivity contribution in [1.82, 2.24) is 0 Å². The van der Waals surface area contributed by atoms with Gasteiger partial charge < -0.3 is 10.2 Å². The fourth-order valence-corrected chi connectivity index (χ4v) is 7.73. The molecule has 9 atom stereocenters. The minimum atomic E-state index is -4.49. The van der Waals surface area contributed by atoms with Gasteiger partial charge in [0.05, 0.1) is 6.10 Å². The summed E-state index contributed by atoms with van der Waals surface area (Å²) in [6.07, 6.45) is 2.50. The predicted molar refractivity (Wildman–Crippen MR) is 93.3 cm³/mol. The minimum Gasteiger partial charge on any atom is -0.393 e. The molecule has 0 aromatic heterocycles. The normalized spacial score (nSPS) is 49.8. The molecule has 0 aromatic rings. The lowest BCUT2D eigenvalue weighted by atomic mass is 9.49.